The number of esters is 1. The normalized spacial score (nSPS) is 11.5. The summed E-state index contributed by atoms with van der Waals surface area (Å²) >= 11 is 14.8. The first-order chi connectivity index (χ1) is 17.1. The molecule has 0 fully saturated rings. The van der Waals surface area contributed by atoms with Crippen molar-refractivity contribution in [1.82, 2.24) is 19.7 Å². The molecule has 0 atom stereocenters. The van der Waals surface area contributed by atoms with Crippen molar-refractivity contribution in [2.24, 2.45) is 0 Å². The van der Waals surface area contributed by atoms with Crippen molar-refractivity contribution >= 4 is 40.5 Å². The molecule has 8 nitrogen and oxygen atoms in total. The van der Waals surface area contributed by atoms with Crippen LogP contribution in [0.15, 0.2) is 58.3 Å². The molecule has 0 aliphatic heterocycles. The molecular formula is C25H22Cl2N4O4S. The van der Waals surface area contributed by atoms with Gasteiger partial charge < -0.3 is 4.74 Å². The molecule has 4 rings (SSSR count). The third kappa shape index (κ3) is 5.13. The van der Waals surface area contributed by atoms with E-state index in [4.69, 9.17) is 32.9 Å². The molecule has 36 heavy (non-hydrogen) atoms. The number of aromatic amines is 1. The van der Waals surface area contributed by atoms with Crippen LogP contribution in [0, 0.1) is 0 Å². The SMILES string of the molecule is CCOC(=O)Cc1sc(C(C)(C)c2c(Cl)cc(-n3ncc(=O)[nH]c3=O)cc2Cl)nc1-c1ccccc1. The maximum Gasteiger partial charge on any atom is 0.349 e. The standard InChI is InChI=1S/C25H22Cl2N4O4S/c1-4-35-20(33)12-18-22(14-8-6-5-7-9-14)30-23(36-18)25(2,3)21-16(26)10-15(11-17(21)27)31-24(34)29-19(32)13-28-31/h5-11,13H,4,12H2,1-3H3,(H,29,32,34). The largest absolute Gasteiger partial charge is 0.466 e. The first-order valence-corrected chi connectivity index (χ1v) is 12.6. The van der Waals surface area contributed by atoms with Crippen LogP contribution in [0.5, 0.6) is 0 Å². The summed E-state index contributed by atoms with van der Waals surface area (Å²) in [6, 6.07) is 12.7. The van der Waals surface area contributed by atoms with E-state index in [1.54, 1.807) is 19.1 Å². The molecule has 2 aromatic carbocycles. The zero-order chi connectivity index (χ0) is 26.0. The second-order valence-corrected chi connectivity index (χ2v) is 10.3. The fourth-order valence-corrected chi connectivity index (χ4v) is 5.95. The van der Waals surface area contributed by atoms with Gasteiger partial charge in [-0.05, 0) is 32.9 Å². The molecule has 11 heteroatoms. The summed E-state index contributed by atoms with van der Waals surface area (Å²) in [4.78, 5) is 43.7. The van der Waals surface area contributed by atoms with Gasteiger partial charge in [-0.1, -0.05) is 53.5 Å². The van der Waals surface area contributed by atoms with Crippen LogP contribution in [0.1, 0.15) is 36.2 Å². The Hall–Kier alpha value is -3.27. The number of nitrogens with zero attached hydrogens (tertiary/aromatic N) is 3. The topological polar surface area (TPSA) is 107 Å². The second kappa shape index (κ2) is 10.4. The molecule has 2 aromatic heterocycles. The predicted octanol–water partition coefficient (Wildman–Crippen LogP) is 4.78. The summed E-state index contributed by atoms with van der Waals surface area (Å²) in [7, 11) is 0. The van der Waals surface area contributed by atoms with Crippen molar-refractivity contribution in [2.75, 3.05) is 6.61 Å². The molecule has 1 N–H and O–H groups in total. The Labute approximate surface area is 220 Å². The van der Waals surface area contributed by atoms with Gasteiger partial charge >= 0.3 is 11.7 Å². The molecule has 0 radical (unpaired) electrons. The highest BCUT2D eigenvalue weighted by atomic mass is 35.5. The Kier molecular flexibility index (Phi) is 7.44. The van der Waals surface area contributed by atoms with E-state index in [1.807, 2.05) is 44.2 Å². The van der Waals surface area contributed by atoms with Crippen LogP contribution >= 0.6 is 34.5 Å². The van der Waals surface area contributed by atoms with Gasteiger partial charge in [-0.3, -0.25) is 14.6 Å². The van der Waals surface area contributed by atoms with Crippen molar-refractivity contribution in [3.63, 3.8) is 0 Å². The number of H-pyrrole nitrogens is 1. The number of carbonyl (C=O) groups excluding carboxylic acids is 1. The van der Waals surface area contributed by atoms with Gasteiger partial charge in [0.25, 0.3) is 5.56 Å². The van der Waals surface area contributed by atoms with Crippen LogP contribution in [0.2, 0.25) is 10.0 Å². The van der Waals surface area contributed by atoms with E-state index in [9.17, 15) is 14.4 Å². The van der Waals surface area contributed by atoms with Crippen molar-refractivity contribution in [2.45, 2.75) is 32.6 Å². The van der Waals surface area contributed by atoms with Crippen LogP contribution in [0.25, 0.3) is 16.9 Å². The molecule has 186 valence electrons. The molecule has 0 spiro atoms. The third-order valence-corrected chi connectivity index (χ3v) is 7.47. The molecule has 0 saturated heterocycles. The number of aromatic nitrogens is 4. The van der Waals surface area contributed by atoms with Crippen LogP contribution in [-0.2, 0) is 21.4 Å². The highest BCUT2D eigenvalue weighted by molar-refractivity contribution is 7.12. The minimum absolute atomic E-state index is 0.0903. The quantitative estimate of drug-likeness (QED) is 0.335. The molecule has 2 heterocycles. The van der Waals surface area contributed by atoms with Crippen LogP contribution < -0.4 is 11.2 Å². The Bertz CT molecular complexity index is 1520. The number of halogens is 2. The molecule has 4 aromatic rings. The van der Waals surface area contributed by atoms with Gasteiger partial charge in [-0.2, -0.15) is 9.78 Å². The summed E-state index contributed by atoms with van der Waals surface area (Å²) in [6.45, 7) is 5.93. The van der Waals surface area contributed by atoms with Gasteiger partial charge in [0.05, 0.1) is 24.4 Å². The van der Waals surface area contributed by atoms with E-state index in [0.717, 1.165) is 21.3 Å². The second-order valence-electron chi connectivity index (χ2n) is 8.40. The lowest BCUT2D eigenvalue weighted by molar-refractivity contribution is -0.142. The van der Waals surface area contributed by atoms with Gasteiger partial charge in [0, 0.05) is 31.5 Å². The first-order valence-electron chi connectivity index (χ1n) is 11.0. The van der Waals surface area contributed by atoms with Crippen molar-refractivity contribution < 1.29 is 9.53 Å². The Balaban J connectivity index is 1.81. The molecule has 0 saturated carbocycles. The van der Waals surface area contributed by atoms with Crippen molar-refractivity contribution in [3.8, 4) is 16.9 Å². The predicted molar refractivity (Wildman–Crippen MR) is 140 cm³/mol. The number of benzene rings is 2. The van der Waals surface area contributed by atoms with E-state index in [-0.39, 0.29) is 12.4 Å². The number of hydrogen-bond donors (Lipinski definition) is 1. The minimum Gasteiger partial charge on any atom is -0.466 e. The highest BCUT2D eigenvalue weighted by Gasteiger charge is 2.33. The molecule has 0 aliphatic rings. The lowest BCUT2D eigenvalue weighted by Gasteiger charge is -2.26. The van der Waals surface area contributed by atoms with Gasteiger partial charge in [-0.25, -0.2) is 9.78 Å². The van der Waals surface area contributed by atoms with Crippen molar-refractivity contribution in [3.05, 3.63) is 95.0 Å². The van der Waals surface area contributed by atoms with E-state index in [0.29, 0.717) is 38.6 Å². The summed E-state index contributed by atoms with van der Waals surface area (Å²) < 4.78 is 6.17. The van der Waals surface area contributed by atoms with E-state index in [2.05, 4.69) is 10.1 Å². The molecule has 0 unspecified atom stereocenters. The average molecular weight is 545 g/mol. The molecule has 0 amide bonds. The summed E-state index contributed by atoms with van der Waals surface area (Å²) in [5.41, 5.74) is 0.411. The minimum atomic E-state index is -0.753. The Morgan fingerprint density at radius 3 is 2.42 bits per heavy atom. The van der Waals surface area contributed by atoms with Crippen LogP contribution in [0.4, 0.5) is 0 Å². The Morgan fingerprint density at radius 2 is 1.81 bits per heavy atom. The first kappa shape index (κ1) is 25.8. The lowest BCUT2D eigenvalue weighted by Crippen LogP contribution is -2.30. The number of hydrogen-bond acceptors (Lipinski definition) is 7. The number of thiazole rings is 1. The van der Waals surface area contributed by atoms with Gasteiger partial charge in [-0.15, -0.1) is 11.3 Å². The number of rotatable bonds is 7. The molecular weight excluding hydrogens is 523 g/mol. The van der Waals surface area contributed by atoms with E-state index < -0.39 is 16.7 Å². The smallest absolute Gasteiger partial charge is 0.349 e. The van der Waals surface area contributed by atoms with Crippen LogP contribution in [0.3, 0.4) is 0 Å². The maximum atomic E-state index is 12.3. The highest BCUT2D eigenvalue weighted by Crippen LogP contribution is 2.44. The fourth-order valence-electron chi connectivity index (χ4n) is 3.83. The zero-order valence-electron chi connectivity index (χ0n) is 19.7. The zero-order valence-corrected chi connectivity index (χ0v) is 22.0. The Morgan fingerprint density at radius 1 is 1.14 bits per heavy atom. The number of ether oxygens (including phenoxy) is 1. The van der Waals surface area contributed by atoms with E-state index >= 15 is 0 Å². The third-order valence-electron chi connectivity index (χ3n) is 5.50. The maximum absolute atomic E-state index is 12.3. The van der Waals surface area contributed by atoms with Crippen molar-refractivity contribution in [1.29, 1.82) is 0 Å². The summed E-state index contributed by atoms with van der Waals surface area (Å²) in [5, 5.41) is 5.16. The van der Waals surface area contributed by atoms with Gasteiger partial charge in [0.2, 0.25) is 0 Å². The van der Waals surface area contributed by atoms with Gasteiger partial charge in [0.15, 0.2) is 0 Å². The molecule has 0 bridgehead atoms. The average Bonchev–Trinajstić information content (AvgIpc) is 3.23. The summed E-state index contributed by atoms with van der Waals surface area (Å²) in [5.74, 6) is -0.332. The summed E-state index contributed by atoms with van der Waals surface area (Å²) in [6.07, 6.45) is 1.08. The van der Waals surface area contributed by atoms with Gasteiger partial charge in [0.1, 0.15) is 11.2 Å². The lowest BCUT2D eigenvalue weighted by atomic mass is 9.85. The van der Waals surface area contributed by atoms with Crippen LogP contribution in [-0.4, -0.2) is 32.3 Å². The van der Waals surface area contributed by atoms with E-state index in [1.165, 1.54) is 11.3 Å². The fraction of sp³-hybridized carbons (Fsp3) is 0.240. The number of carbonyl (C=O) groups is 1. The number of nitrogens with one attached hydrogen (secondary N) is 1. The molecule has 0 aliphatic carbocycles. The monoisotopic (exact) mass is 544 g/mol.